The SMILES string of the molecule is Nc1ccnc(-c2cccc(C(=O)Nc3cccc4c3CCO4)c2)n1. The number of rotatable bonds is 3. The Bertz CT molecular complexity index is 956. The number of hydrogen-bond acceptors (Lipinski definition) is 5. The summed E-state index contributed by atoms with van der Waals surface area (Å²) in [6.45, 7) is 0.643. The van der Waals surface area contributed by atoms with E-state index >= 15 is 0 Å². The lowest BCUT2D eigenvalue weighted by Crippen LogP contribution is -2.13. The van der Waals surface area contributed by atoms with E-state index in [1.54, 1.807) is 30.5 Å². The molecule has 0 saturated heterocycles. The van der Waals surface area contributed by atoms with E-state index in [2.05, 4.69) is 15.3 Å². The molecule has 0 bridgehead atoms. The summed E-state index contributed by atoms with van der Waals surface area (Å²) < 4.78 is 5.53. The number of nitrogen functional groups attached to an aromatic ring is 1. The largest absolute Gasteiger partial charge is 0.493 e. The molecule has 0 spiro atoms. The Hall–Kier alpha value is -3.41. The smallest absolute Gasteiger partial charge is 0.255 e. The zero-order valence-corrected chi connectivity index (χ0v) is 13.4. The fourth-order valence-electron chi connectivity index (χ4n) is 2.84. The van der Waals surface area contributed by atoms with Gasteiger partial charge in [0.05, 0.1) is 6.61 Å². The molecule has 0 radical (unpaired) electrons. The Labute approximate surface area is 144 Å². The minimum Gasteiger partial charge on any atom is -0.493 e. The molecule has 1 aliphatic heterocycles. The second-order valence-electron chi connectivity index (χ2n) is 5.72. The number of fused-ring (bicyclic) bond motifs is 1. The maximum atomic E-state index is 12.6. The lowest BCUT2D eigenvalue weighted by atomic mass is 10.1. The molecule has 2 heterocycles. The van der Waals surface area contributed by atoms with Gasteiger partial charge in [-0.25, -0.2) is 9.97 Å². The number of hydrogen-bond donors (Lipinski definition) is 2. The molecular formula is C19H16N4O2. The van der Waals surface area contributed by atoms with Crippen molar-refractivity contribution in [2.75, 3.05) is 17.7 Å². The quantitative estimate of drug-likeness (QED) is 0.769. The normalized spacial score (nSPS) is 12.3. The maximum absolute atomic E-state index is 12.6. The fourth-order valence-corrected chi connectivity index (χ4v) is 2.84. The predicted octanol–water partition coefficient (Wildman–Crippen LogP) is 2.91. The average molecular weight is 332 g/mol. The van der Waals surface area contributed by atoms with Crippen molar-refractivity contribution in [3.63, 3.8) is 0 Å². The third-order valence-electron chi connectivity index (χ3n) is 4.05. The molecule has 1 aromatic heterocycles. The van der Waals surface area contributed by atoms with Crippen LogP contribution in [0, 0.1) is 0 Å². The first-order valence-corrected chi connectivity index (χ1v) is 7.96. The fraction of sp³-hybridized carbons (Fsp3) is 0.105. The van der Waals surface area contributed by atoms with Crippen molar-refractivity contribution in [1.82, 2.24) is 9.97 Å². The number of carbonyl (C=O) groups excluding carboxylic acids is 1. The standard InChI is InChI=1S/C19H16N4O2/c20-17-7-9-21-18(23-17)12-3-1-4-13(11-12)19(24)22-15-5-2-6-16-14(15)8-10-25-16/h1-7,9,11H,8,10H2,(H,22,24)(H2,20,21,23). The summed E-state index contributed by atoms with van der Waals surface area (Å²) in [6.07, 6.45) is 2.39. The highest BCUT2D eigenvalue weighted by molar-refractivity contribution is 6.05. The molecule has 0 fully saturated rings. The molecular weight excluding hydrogens is 316 g/mol. The van der Waals surface area contributed by atoms with Gasteiger partial charge in [0.15, 0.2) is 5.82 Å². The zero-order chi connectivity index (χ0) is 17.2. The number of anilines is 2. The minimum absolute atomic E-state index is 0.189. The van der Waals surface area contributed by atoms with Crippen LogP contribution in [-0.4, -0.2) is 22.5 Å². The topological polar surface area (TPSA) is 90.1 Å². The first kappa shape index (κ1) is 15.1. The Balaban J connectivity index is 1.61. The molecule has 1 amide bonds. The molecule has 124 valence electrons. The van der Waals surface area contributed by atoms with Gasteiger partial charge in [0.25, 0.3) is 5.91 Å². The second kappa shape index (κ2) is 6.24. The molecule has 0 atom stereocenters. The Kier molecular flexibility index (Phi) is 3.78. The van der Waals surface area contributed by atoms with Gasteiger partial charge < -0.3 is 15.8 Å². The minimum atomic E-state index is -0.189. The molecule has 3 aromatic rings. The van der Waals surface area contributed by atoms with Gasteiger partial charge in [-0.15, -0.1) is 0 Å². The van der Waals surface area contributed by atoms with Gasteiger partial charge in [-0.05, 0) is 30.3 Å². The van der Waals surface area contributed by atoms with Crippen LogP contribution in [0.2, 0.25) is 0 Å². The van der Waals surface area contributed by atoms with Crippen LogP contribution in [0.25, 0.3) is 11.4 Å². The molecule has 0 unspecified atom stereocenters. The number of carbonyl (C=O) groups is 1. The van der Waals surface area contributed by atoms with E-state index < -0.39 is 0 Å². The number of benzene rings is 2. The third-order valence-corrected chi connectivity index (χ3v) is 4.05. The summed E-state index contributed by atoms with van der Waals surface area (Å²) in [5.41, 5.74) is 8.79. The van der Waals surface area contributed by atoms with E-state index in [-0.39, 0.29) is 5.91 Å². The van der Waals surface area contributed by atoms with Crippen LogP contribution in [-0.2, 0) is 6.42 Å². The second-order valence-corrected chi connectivity index (χ2v) is 5.72. The van der Waals surface area contributed by atoms with Crippen molar-refractivity contribution >= 4 is 17.4 Å². The molecule has 25 heavy (non-hydrogen) atoms. The highest BCUT2D eigenvalue weighted by Crippen LogP contribution is 2.31. The molecule has 3 N–H and O–H groups in total. The van der Waals surface area contributed by atoms with Gasteiger partial charge in [0, 0.05) is 35.0 Å². The van der Waals surface area contributed by atoms with Crippen LogP contribution in [0.5, 0.6) is 5.75 Å². The first-order valence-electron chi connectivity index (χ1n) is 7.96. The summed E-state index contributed by atoms with van der Waals surface area (Å²) in [4.78, 5) is 21.0. The van der Waals surface area contributed by atoms with Crippen LogP contribution in [0.15, 0.2) is 54.7 Å². The van der Waals surface area contributed by atoms with Gasteiger partial charge in [-0.3, -0.25) is 4.79 Å². The zero-order valence-electron chi connectivity index (χ0n) is 13.4. The summed E-state index contributed by atoms with van der Waals surface area (Å²) in [7, 11) is 0. The maximum Gasteiger partial charge on any atom is 0.255 e. The van der Waals surface area contributed by atoms with E-state index in [4.69, 9.17) is 10.5 Å². The van der Waals surface area contributed by atoms with E-state index in [0.29, 0.717) is 23.8 Å². The monoisotopic (exact) mass is 332 g/mol. The molecule has 2 aromatic carbocycles. The van der Waals surface area contributed by atoms with E-state index in [0.717, 1.165) is 29.0 Å². The number of nitrogens with one attached hydrogen (secondary N) is 1. The predicted molar refractivity (Wildman–Crippen MR) is 95.5 cm³/mol. The highest BCUT2D eigenvalue weighted by Gasteiger charge is 2.18. The Morgan fingerprint density at radius 3 is 2.92 bits per heavy atom. The summed E-state index contributed by atoms with van der Waals surface area (Å²) in [5.74, 6) is 1.52. The molecule has 0 saturated carbocycles. The van der Waals surface area contributed by atoms with Gasteiger partial charge >= 0.3 is 0 Å². The van der Waals surface area contributed by atoms with Crippen LogP contribution >= 0.6 is 0 Å². The van der Waals surface area contributed by atoms with Gasteiger partial charge in [0.1, 0.15) is 11.6 Å². The van der Waals surface area contributed by atoms with E-state index in [9.17, 15) is 4.79 Å². The summed E-state index contributed by atoms with van der Waals surface area (Å²) >= 11 is 0. The molecule has 4 rings (SSSR count). The number of nitrogens with zero attached hydrogens (tertiary/aromatic N) is 2. The van der Waals surface area contributed by atoms with Gasteiger partial charge in [-0.1, -0.05) is 18.2 Å². The number of ether oxygens (including phenoxy) is 1. The Morgan fingerprint density at radius 2 is 2.04 bits per heavy atom. The number of amides is 1. The van der Waals surface area contributed by atoms with Crippen LogP contribution in [0.4, 0.5) is 11.5 Å². The van der Waals surface area contributed by atoms with Crippen molar-refractivity contribution in [3.05, 3.63) is 65.9 Å². The van der Waals surface area contributed by atoms with Crippen LogP contribution < -0.4 is 15.8 Å². The molecule has 6 heteroatoms. The lowest BCUT2D eigenvalue weighted by Gasteiger charge is -2.10. The van der Waals surface area contributed by atoms with Crippen molar-refractivity contribution in [2.45, 2.75) is 6.42 Å². The highest BCUT2D eigenvalue weighted by atomic mass is 16.5. The first-order chi connectivity index (χ1) is 12.2. The van der Waals surface area contributed by atoms with E-state index in [1.165, 1.54) is 0 Å². The molecule has 6 nitrogen and oxygen atoms in total. The van der Waals surface area contributed by atoms with Gasteiger partial charge in [-0.2, -0.15) is 0 Å². The number of nitrogens with two attached hydrogens (primary N) is 1. The molecule has 0 aliphatic carbocycles. The van der Waals surface area contributed by atoms with Crippen LogP contribution in [0.3, 0.4) is 0 Å². The van der Waals surface area contributed by atoms with Crippen molar-refractivity contribution in [3.8, 4) is 17.1 Å². The number of aromatic nitrogens is 2. The van der Waals surface area contributed by atoms with E-state index in [1.807, 2.05) is 24.3 Å². The van der Waals surface area contributed by atoms with Crippen molar-refractivity contribution < 1.29 is 9.53 Å². The average Bonchev–Trinajstić information content (AvgIpc) is 3.12. The summed E-state index contributed by atoms with van der Waals surface area (Å²) in [6, 6.07) is 14.4. The van der Waals surface area contributed by atoms with Crippen molar-refractivity contribution in [2.24, 2.45) is 0 Å². The molecule has 1 aliphatic rings. The van der Waals surface area contributed by atoms with Crippen LogP contribution in [0.1, 0.15) is 15.9 Å². The van der Waals surface area contributed by atoms with Gasteiger partial charge in [0.2, 0.25) is 0 Å². The third kappa shape index (κ3) is 3.01. The van der Waals surface area contributed by atoms with Crippen molar-refractivity contribution in [1.29, 1.82) is 0 Å². The lowest BCUT2D eigenvalue weighted by molar-refractivity contribution is 0.102. The Morgan fingerprint density at radius 1 is 1.16 bits per heavy atom. The summed E-state index contributed by atoms with van der Waals surface area (Å²) in [5, 5.41) is 2.96.